The summed E-state index contributed by atoms with van der Waals surface area (Å²) < 4.78 is 18.5. The molecule has 0 N–H and O–H groups in total. The number of carbonyl (C=O) groups excluding carboxylic acids is 1. The second kappa shape index (κ2) is 5.98. The normalized spacial score (nSPS) is 12.0. The second-order valence-corrected chi connectivity index (χ2v) is 5.96. The first-order valence-electron chi connectivity index (χ1n) is 6.83. The lowest BCUT2D eigenvalue weighted by Crippen LogP contribution is -2.21. The number of Topliss-reactive ketones (excluding diaryl/α,β-unsaturated/α-hetero) is 1. The van der Waals surface area contributed by atoms with Gasteiger partial charge in [-0.25, -0.2) is 4.39 Å². The van der Waals surface area contributed by atoms with Gasteiger partial charge in [-0.1, -0.05) is 20.8 Å². The maximum absolute atomic E-state index is 12.9. The summed E-state index contributed by atoms with van der Waals surface area (Å²) in [6.07, 6.45) is 1.43. The lowest BCUT2D eigenvalue weighted by atomic mass is 9.86. The Kier molecular flexibility index (Phi) is 4.27. The van der Waals surface area contributed by atoms with Crippen LogP contribution in [0.4, 0.5) is 4.39 Å². The number of furan rings is 1. The minimum Gasteiger partial charge on any atom is -0.457 e. The average molecular weight is 297 g/mol. The van der Waals surface area contributed by atoms with Crippen molar-refractivity contribution in [3.8, 4) is 17.4 Å². The highest BCUT2D eigenvalue weighted by molar-refractivity contribution is 6.05. The van der Waals surface area contributed by atoms with Crippen LogP contribution in [0.25, 0.3) is 17.4 Å². The van der Waals surface area contributed by atoms with Crippen LogP contribution < -0.4 is 0 Å². The number of allylic oxidation sites excluding steroid dienone is 1. The highest BCUT2D eigenvalue weighted by atomic mass is 19.1. The molecular weight excluding hydrogens is 281 g/mol. The van der Waals surface area contributed by atoms with Crippen LogP contribution in [0.2, 0.25) is 0 Å². The zero-order chi connectivity index (χ0) is 16.3. The van der Waals surface area contributed by atoms with Crippen molar-refractivity contribution in [3.05, 3.63) is 53.5 Å². The molecule has 3 nitrogen and oxygen atoms in total. The molecule has 1 aromatic carbocycles. The van der Waals surface area contributed by atoms with E-state index in [0.717, 1.165) is 5.56 Å². The predicted octanol–water partition coefficient (Wildman–Crippen LogP) is 4.61. The minimum absolute atomic E-state index is 0.0486. The van der Waals surface area contributed by atoms with Gasteiger partial charge in [0, 0.05) is 17.1 Å². The van der Waals surface area contributed by atoms with Crippen molar-refractivity contribution >= 4 is 11.9 Å². The van der Waals surface area contributed by atoms with E-state index in [1.165, 1.54) is 18.2 Å². The number of hydrogen-bond acceptors (Lipinski definition) is 3. The van der Waals surface area contributed by atoms with Crippen molar-refractivity contribution in [2.45, 2.75) is 20.8 Å². The number of nitriles is 1. The van der Waals surface area contributed by atoms with Crippen LogP contribution in [0.1, 0.15) is 26.5 Å². The molecule has 0 spiro atoms. The van der Waals surface area contributed by atoms with Crippen molar-refractivity contribution in [3.63, 3.8) is 0 Å². The number of ketones is 1. The van der Waals surface area contributed by atoms with Crippen LogP contribution >= 0.6 is 0 Å². The van der Waals surface area contributed by atoms with Gasteiger partial charge in [0.05, 0.1) is 5.57 Å². The summed E-state index contributed by atoms with van der Waals surface area (Å²) in [5.41, 5.74) is 0.141. The number of benzene rings is 1. The zero-order valence-corrected chi connectivity index (χ0v) is 12.7. The second-order valence-electron chi connectivity index (χ2n) is 5.96. The molecule has 1 heterocycles. The third-order valence-corrected chi connectivity index (χ3v) is 3.09. The maximum Gasteiger partial charge on any atom is 0.178 e. The van der Waals surface area contributed by atoms with E-state index in [-0.39, 0.29) is 17.2 Å². The molecule has 0 fully saturated rings. The van der Waals surface area contributed by atoms with Gasteiger partial charge >= 0.3 is 0 Å². The Morgan fingerprint density at radius 1 is 1.18 bits per heavy atom. The van der Waals surface area contributed by atoms with Crippen LogP contribution in [0, 0.1) is 22.6 Å². The smallest absolute Gasteiger partial charge is 0.178 e. The summed E-state index contributed by atoms with van der Waals surface area (Å²) in [6.45, 7) is 5.27. The Hall–Kier alpha value is -2.67. The number of hydrogen-bond donors (Lipinski definition) is 0. The molecule has 22 heavy (non-hydrogen) atoms. The van der Waals surface area contributed by atoms with Gasteiger partial charge in [-0.3, -0.25) is 4.79 Å². The molecular formula is C18H16FNO2. The van der Waals surface area contributed by atoms with E-state index in [1.54, 1.807) is 45.0 Å². The van der Waals surface area contributed by atoms with Gasteiger partial charge in [-0.2, -0.15) is 5.26 Å². The molecule has 0 radical (unpaired) electrons. The standard InChI is InChI=1S/C18H16FNO2/c1-18(2,3)17(21)13(11-20)10-15-8-9-16(22-15)12-4-6-14(19)7-5-12/h4-10H,1-3H3/b13-10+. The van der Waals surface area contributed by atoms with Gasteiger partial charge in [0.15, 0.2) is 5.78 Å². The monoisotopic (exact) mass is 297 g/mol. The summed E-state index contributed by atoms with van der Waals surface area (Å²) in [5.74, 6) is 0.396. The van der Waals surface area contributed by atoms with Crippen LogP contribution in [-0.4, -0.2) is 5.78 Å². The molecule has 4 heteroatoms. The Labute approximate surface area is 128 Å². The van der Waals surface area contributed by atoms with Crippen molar-refractivity contribution < 1.29 is 13.6 Å². The largest absolute Gasteiger partial charge is 0.457 e. The first kappa shape index (κ1) is 15.7. The third-order valence-electron chi connectivity index (χ3n) is 3.09. The lowest BCUT2D eigenvalue weighted by molar-refractivity contribution is -0.121. The Balaban J connectivity index is 2.31. The fourth-order valence-electron chi connectivity index (χ4n) is 1.89. The SMILES string of the molecule is CC(C)(C)C(=O)/C(C#N)=C/c1ccc(-c2ccc(F)cc2)o1. The van der Waals surface area contributed by atoms with E-state index < -0.39 is 5.41 Å². The summed E-state index contributed by atoms with van der Waals surface area (Å²) in [6, 6.07) is 11.2. The first-order valence-corrected chi connectivity index (χ1v) is 6.83. The Morgan fingerprint density at radius 3 is 2.36 bits per heavy atom. The van der Waals surface area contributed by atoms with Gasteiger partial charge < -0.3 is 4.42 Å². The van der Waals surface area contributed by atoms with Crippen molar-refractivity contribution in [2.24, 2.45) is 5.41 Å². The molecule has 0 aliphatic heterocycles. The van der Waals surface area contributed by atoms with Crippen LogP contribution in [0.5, 0.6) is 0 Å². The van der Waals surface area contributed by atoms with Crippen molar-refractivity contribution in [2.75, 3.05) is 0 Å². The zero-order valence-electron chi connectivity index (χ0n) is 12.7. The van der Waals surface area contributed by atoms with Crippen LogP contribution in [0.15, 0.2) is 46.4 Å². The molecule has 1 aromatic heterocycles. The predicted molar refractivity (Wildman–Crippen MR) is 82.2 cm³/mol. The van der Waals surface area contributed by atoms with E-state index in [0.29, 0.717) is 11.5 Å². The topological polar surface area (TPSA) is 54.0 Å². The molecule has 2 aromatic rings. The Morgan fingerprint density at radius 2 is 1.82 bits per heavy atom. The van der Waals surface area contributed by atoms with E-state index in [4.69, 9.17) is 9.68 Å². The molecule has 0 saturated heterocycles. The van der Waals surface area contributed by atoms with Gasteiger partial charge in [-0.15, -0.1) is 0 Å². The fraction of sp³-hybridized carbons (Fsp3) is 0.222. The molecule has 0 aliphatic carbocycles. The van der Waals surface area contributed by atoms with Gasteiger partial charge in [-0.05, 0) is 36.4 Å². The van der Waals surface area contributed by atoms with E-state index in [1.807, 2.05) is 6.07 Å². The quantitative estimate of drug-likeness (QED) is 0.614. The molecule has 0 saturated carbocycles. The van der Waals surface area contributed by atoms with Crippen molar-refractivity contribution in [1.82, 2.24) is 0 Å². The Bertz CT molecular complexity index is 756. The van der Waals surface area contributed by atoms with Crippen LogP contribution in [0.3, 0.4) is 0 Å². The summed E-state index contributed by atoms with van der Waals surface area (Å²) >= 11 is 0. The number of halogens is 1. The number of rotatable bonds is 3. The summed E-state index contributed by atoms with van der Waals surface area (Å²) in [4.78, 5) is 12.1. The van der Waals surface area contributed by atoms with E-state index in [9.17, 15) is 9.18 Å². The fourth-order valence-corrected chi connectivity index (χ4v) is 1.89. The van der Waals surface area contributed by atoms with Crippen LogP contribution in [-0.2, 0) is 4.79 Å². The number of nitrogens with zero attached hydrogens (tertiary/aromatic N) is 1. The van der Waals surface area contributed by atoms with E-state index >= 15 is 0 Å². The van der Waals surface area contributed by atoms with E-state index in [2.05, 4.69) is 0 Å². The van der Waals surface area contributed by atoms with Gasteiger partial charge in [0.2, 0.25) is 0 Å². The first-order chi connectivity index (χ1) is 10.3. The molecule has 2 rings (SSSR count). The third kappa shape index (κ3) is 3.50. The maximum atomic E-state index is 12.9. The molecule has 0 atom stereocenters. The van der Waals surface area contributed by atoms with Gasteiger partial charge in [0.25, 0.3) is 0 Å². The summed E-state index contributed by atoms with van der Waals surface area (Å²) in [7, 11) is 0. The molecule has 0 aliphatic rings. The average Bonchev–Trinajstić information content (AvgIpc) is 2.92. The van der Waals surface area contributed by atoms with Crippen molar-refractivity contribution in [1.29, 1.82) is 5.26 Å². The number of carbonyl (C=O) groups is 1. The molecule has 112 valence electrons. The highest BCUT2D eigenvalue weighted by Crippen LogP contribution is 2.25. The lowest BCUT2D eigenvalue weighted by Gasteiger charge is -2.15. The minimum atomic E-state index is -0.631. The molecule has 0 bridgehead atoms. The summed E-state index contributed by atoms with van der Waals surface area (Å²) in [5, 5.41) is 9.15. The highest BCUT2D eigenvalue weighted by Gasteiger charge is 2.25. The molecule has 0 unspecified atom stereocenters. The molecule has 0 amide bonds. The van der Waals surface area contributed by atoms with Gasteiger partial charge in [0.1, 0.15) is 23.4 Å².